The minimum Gasteiger partial charge on any atom is -0.480 e. The summed E-state index contributed by atoms with van der Waals surface area (Å²) in [5, 5.41) is 16.7. The van der Waals surface area contributed by atoms with Crippen molar-refractivity contribution < 1.29 is 24.3 Å². The van der Waals surface area contributed by atoms with E-state index < -0.39 is 41.8 Å². The maximum Gasteiger partial charge on any atom is 0.326 e. The monoisotopic (exact) mass is 490 g/mol. The molecule has 0 saturated carbocycles. The van der Waals surface area contributed by atoms with Crippen LogP contribution in [0.5, 0.6) is 0 Å². The number of carboxylic acid groups (broad SMARTS) is 1. The number of unbranched alkanes of at least 4 members (excludes halogenated alkanes) is 1. The molecular weight excluding hydrogens is 452 g/mol. The van der Waals surface area contributed by atoms with E-state index in [0.717, 1.165) is 6.42 Å². The SMILES string of the molecule is CSCCC(NC(=O)C(CCCN=C(N)N)NC(=O)CNC(=O)C(N)CCCCN)C(=O)O. The smallest absolute Gasteiger partial charge is 0.326 e. The van der Waals surface area contributed by atoms with E-state index in [4.69, 9.17) is 22.9 Å². The second-order valence-corrected chi connectivity index (χ2v) is 8.34. The number of carbonyl (C=O) groups is 4. The molecular formula is C19H38N8O5S. The van der Waals surface area contributed by atoms with Crippen LogP contribution in [0.3, 0.4) is 0 Å². The van der Waals surface area contributed by atoms with Crippen molar-refractivity contribution in [3.63, 3.8) is 0 Å². The normalized spacial score (nSPS) is 13.3. The Morgan fingerprint density at radius 3 is 2.24 bits per heavy atom. The Hall–Kier alpha value is -2.58. The van der Waals surface area contributed by atoms with Gasteiger partial charge in [-0.15, -0.1) is 0 Å². The van der Waals surface area contributed by atoms with E-state index >= 15 is 0 Å². The van der Waals surface area contributed by atoms with Gasteiger partial charge in [0, 0.05) is 6.54 Å². The third-order valence-electron chi connectivity index (χ3n) is 4.55. The lowest BCUT2D eigenvalue weighted by atomic mass is 10.1. The number of aliphatic carboxylic acids is 1. The number of nitrogens with two attached hydrogens (primary N) is 4. The van der Waals surface area contributed by atoms with Crippen molar-refractivity contribution in [2.75, 3.05) is 31.6 Å². The van der Waals surface area contributed by atoms with E-state index in [9.17, 15) is 24.3 Å². The highest BCUT2D eigenvalue weighted by molar-refractivity contribution is 7.98. The minimum absolute atomic E-state index is 0.103. The molecule has 0 aromatic rings. The largest absolute Gasteiger partial charge is 0.480 e. The van der Waals surface area contributed by atoms with Crippen LogP contribution < -0.4 is 38.9 Å². The summed E-state index contributed by atoms with van der Waals surface area (Å²) in [5.74, 6) is -2.48. The third-order valence-corrected chi connectivity index (χ3v) is 5.20. The van der Waals surface area contributed by atoms with Crippen molar-refractivity contribution in [2.24, 2.45) is 27.9 Å². The van der Waals surface area contributed by atoms with Gasteiger partial charge in [0.25, 0.3) is 0 Å². The first kappa shape index (κ1) is 30.4. The second kappa shape index (κ2) is 17.9. The number of nitrogens with zero attached hydrogens (tertiary/aromatic N) is 1. The number of hydrogen-bond donors (Lipinski definition) is 8. The first-order chi connectivity index (χ1) is 15.6. The van der Waals surface area contributed by atoms with Crippen molar-refractivity contribution in [3.05, 3.63) is 0 Å². The number of nitrogens with one attached hydrogen (secondary N) is 3. The van der Waals surface area contributed by atoms with Crippen LogP contribution in [0.4, 0.5) is 0 Å². The third kappa shape index (κ3) is 15.0. The predicted octanol–water partition coefficient (Wildman–Crippen LogP) is -2.58. The summed E-state index contributed by atoms with van der Waals surface area (Å²) < 4.78 is 0. The molecule has 0 radical (unpaired) electrons. The van der Waals surface area contributed by atoms with E-state index in [-0.39, 0.29) is 31.9 Å². The van der Waals surface area contributed by atoms with Gasteiger partial charge >= 0.3 is 5.97 Å². The van der Waals surface area contributed by atoms with Crippen LogP contribution >= 0.6 is 11.8 Å². The molecule has 3 amide bonds. The number of aliphatic imine (C=N–C) groups is 1. The van der Waals surface area contributed by atoms with Crippen LogP contribution in [-0.2, 0) is 19.2 Å². The molecule has 0 aliphatic rings. The Bertz CT molecular complexity index is 660. The number of rotatable bonds is 18. The van der Waals surface area contributed by atoms with Crippen LogP contribution in [0.1, 0.15) is 38.5 Å². The molecule has 33 heavy (non-hydrogen) atoms. The first-order valence-electron chi connectivity index (χ1n) is 10.7. The van der Waals surface area contributed by atoms with Crippen LogP contribution in [0.25, 0.3) is 0 Å². The van der Waals surface area contributed by atoms with Gasteiger partial charge < -0.3 is 44.0 Å². The van der Waals surface area contributed by atoms with Crippen LogP contribution in [0, 0.1) is 0 Å². The van der Waals surface area contributed by atoms with Gasteiger partial charge in [0.1, 0.15) is 12.1 Å². The molecule has 0 fully saturated rings. The van der Waals surface area contributed by atoms with Crippen molar-refractivity contribution >= 4 is 41.4 Å². The molecule has 0 aliphatic carbocycles. The molecule has 0 aliphatic heterocycles. The zero-order valence-corrected chi connectivity index (χ0v) is 19.9. The maximum absolute atomic E-state index is 12.7. The van der Waals surface area contributed by atoms with Crippen molar-refractivity contribution in [2.45, 2.75) is 56.7 Å². The summed E-state index contributed by atoms with van der Waals surface area (Å²) in [7, 11) is 0. The van der Waals surface area contributed by atoms with Crippen molar-refractivity contribution in [1.29, 1.82) is 0 Å². The van der Waals surface area contributed by atoms with E-state index in [0.29, 0.717) is 31.6 Å². The van der Waals surface area contributed by atoms with Gasteiger partial charge in [0.15, 0.2) is 5.96 Å². The van der Waals surface area contributed by atoms with Gasteiger partial charge in [-0.3, -0.25) is 19.4 Å². The van der Waals surface area contributed by atoms with Crippen molar-refractivity contribution in [3.8, 4) is 0 Å². The average Bonchev–Trinajstić information content (AvgIpc) is 2.76. The fourth-order valence-electron chi connectivity index (χ4n) is 2.72. The molecule has 0 aromatic heterocycles. The Balaban J connectivity index is 4.94. The zero-order valence-electron chi connectivity index (χ0n) is 19.0. The van der Waals surface area contributed by atoms with Crippen LogP contribution in [0.2, 0.25) is 0 Å². The maximum atomic E-state index is 12.7. The predicted molar refractivity (Wildman–Crippen MR) is 128 cm³/mol. The van der Waals surface area contributed by atoms with Gasteiger partial charge in [-0.2, -0.15) is 11.8 Å². The number of thioether (sulfide) groups is 1. The van der Waals surface area contributed by atoms with Gasteiger partial charge in [0.05, 0.1) is 12.6 Å². The Labute approximate surface area is 198 Å². The highest BCUT2D eigenvalue weighted by Gasteiger charge is 2.26. The lowest BCUT2D eigenvalue weighted by Gasteiger charge is -2.21. The van der Waals surface area contributed by atoms with E-state index in [1.807, 2.05) is 6.26 Å². The summed E-state index contributed by atoms with van der Waals surface area (Å²) in [6, 6.07) is -2.89. The first-order valence-corrected chi connectivity index (χ1v) is 12.1. The standard InChI is InChI=1S/C19H38N8O5S/c1-33-10-7-14(18(31)32)27-17(30)13(6-4-9-24-19(22)23)26-15(28)11-25-16(29)12(21)5-2-3-8-20/h12-14H,2-11,20-21H2,1H3,(H,25,29)(H,26,28)(H,27,30)(H,31,32)(H4,22,23,24). The molecule has 0 spiro atoms. The highest BCUT2D eigenvalue weighted by atomic mass is 32.2. The zero-order chi connectivity index (χ0) is 25.2. The summed E-state index contributed by atoms with van der Waals surface area (Å²) in [6.07, 6.45) is 4.45. The summed E-state index contributed by atoms with van der Waals surface area (Å²) in [4.78, 5) is 52.3. The van der Waals surface area contributed by atoms with Gasteiger partial charge in [-0.05, 0) is 50.7 Å². The number of carboxylic acids is 1. The van der Waals surface area contributed by atoms with Crippen LogP contribution in [0.15, 0.2) is 4.99 Å². The topological polar surface area (TPSA) is 241 Å². The average molecular weight is 491 g/mol. The lowest BCUT2D eigenvalue weighted by molar-refractivity contribution is -0.142. The molecule has 0 aromatic carbocycles. The van der Waals surface area contributed by atoms with Crippen molar-refractivity contribution in [1.82, 2.24) is 16.0 Å². The summed E-state index contributed by atoms with van der Waals surface area (Å²) >= 11 is 1.45. The Morgan fingerprint density at radius 1 is 0.970 bits per heavy atom. The molecule has 0 heterocycles. The Morgan fingerprint density at radius 2 is 1.67 bits per heavy atom. The van der Waals surface area contributed by atoms with E-state index in [1.54, 1.807) is 0 Å². The summed E-state index contributed by atoms with van der Waals surface area (Å²) in [5.41, 5.74) is 21.8. The number of amides is 3. The summed E-state index contributed by atoms with van der Waals surface area (Å²) in [6.45, 7) is 0.352. The molecule has 0 rings (SSSR count). The fraction of sp³-hybridized carbons (Fsp3) is 0.737. The number of carbonyl (C=O) groups excluding carboxylic acids is 3. The number of hydrogen-bond acceptors (Lipinski definition) is 8. The molecule has 0 bridgehead atoms. The molecule has 0 saturated heterocycles. The molecule has 3 atom stereocenters. The van der Waals surface area contributed by atoms with Crippen LogP contribution in [-0.4, -0.2) is 84.5 Å². The van der Waals surface area contributed by atoms with Gasteiger partial charge in [-0.1, -0.05) is 6.42 Å². The van der Waals surface area contributed by atoms with Gasteiger partial charge in [0.2, 0.25) is 17.7 Å². The van der Waals surface area contributed by atoms with Gasteiger partial charge in [-0.25, -0.2) is 4.79 Å². The Kier molecular flexibility index (Phi) is 16.5. The molecule has 14 heteroatoms. The fourth-order valence-corrected chi connectivity index (χ4v) is 3.19. The van der Waals surface area contributed by atoms with E-state index in [1.165, 1.54) is 11.8 Å². The minimum atomic E-state index is -1.17. The molecule has 12 N–H and O–H groups in total. The lowest BCUT2D eigenvalue weighted by Crippen LogP contribution is -2.53. The number of guanidine groups is 1. The molecule has 13 nitrogen and oxygen atoms in total. The van der Waals surface area contributed by atoms with E-state index in [2.05, 4.69) is 20.9 Å². The molecule has 190 valence electrons. The quantitative estimate of drug-likeness (QED) is 0.0566. The second-order valence-electron chi connectivity index (χ2n) is 7.36. The molecule has 3 unspecified atom stereocenters. The highest BCUT2D eigenvalue weighted by Crippen LogP contribution is 2.04.